The van der Waals surface area contributed by atoms with Gasteiger partial charge in [0.25, 0.3) is 0 Å². The van der Waals surface area contributed by atoms with E-state index < -0.39 is 16.1 Å². The molecule has 1 aliphatic rings. The number of carbonyl (C=O) groups excluding carboxylic acids is 2. The van der Waals surface area contributed by atoms with Gasteiger partial charge in [0.2, 0.25) is 15.9 Å². The number of hydrogen-bond donors (Lipinski definition) is 2. The molecule has 26 heavy (non-hydrogen) atoms. The largest absolute Gasteiger partial charge is 0.354 e. The summed E-state index contributed by atoms with van der Waals surface area (Å²) in [4.78, 5) is 23.4. The van der Waals surface area contributed by atoms with Gasteiger partial charge in [0.1, 0.15) is 0 Å². The lowest BCUT2D eigenvalue weighted by molar-refractivity contribution is -0.122. The van der Waals surface area contributed by atoms with E-state index in [-0.39, 0.29) is 16.6 Å². The van der Waals surface area contributed by atoms with Crippen LogP contribution in [0.4, 0.5) is 0 Å². The summed E-state index contributed by atoms with van der Waals surface area (Å²) in [5.41, 5.74) is 1.79. The van der Waals surface area contributed by atoms with Gasteiger partial charge in [-0.3, -0.25) is 9.59 Å². The molecular formula is C19H26N2O4S. The fourth-order valence-corrected chi connectivity index (χ4v) is 4.06. The second-order valence-electron chi connectivity index (χ2n) is 6.57. The zero-order valence-electron chi connectivity index (χ0n) is 15.2. The van der Waals surface area contributed by atoms with Crippen molar-refractivity contribution < 1.29 is 18.0 Å². The number of Topliss-reactive ketones (excluding diaryl/α,β-unsaturated/α-hetero) is 1. The first kappa shape index (κ1) is 20.3. The lowest BCUT2D eigenvalue weighted by atomic mass is 9.97. The van der Waals surface area contributed by atoms with Crippen LogP contribution in [0.5, 0.6) is 0 Å². The fraction of sp³-hybridized carbons (Fsp3) is 0.474. The molecule has 0 radical (unpaired) electrons. The zero-order chi connectivity index (χ0) is 19.2. The average Bonchev–Trinajstić information content (AvgIpc) is 2.62. The van der Waals surface area contributed by atoms with E-state index in [1.165, 1.54) is 56.5 Å². The quantitative estimate of drug-likeness (QED) is 0.537. The van der Waals surface area contributed by atoms with Crippen LogP contribution in [-0.4, -0.2) is 32.7 Å². The second kappa shape index (κ2) is 9.09. The van der Waals surface area contributed by atoms with Gasteiger partial charge in [-0.1, -0.05) is 23.8 Å². The van der Waals surface area contributed by atoms with Crippen LogP contribution >= 0.6 is 0 Å². The second-order valence-corrected chi connectivity index (χ2v) is 8.29. The van der Waals surface area contributed by atoms with Gasteiger partial charge >= 0.3 is 0 Å². The molecule has 1 amide bonds. The fourth-order valence-electron chi connectivity index (χ4n) is 2.85. The molecule has 0 bridgehead atoms. The standard InChI is InChI=1S/C19H26N2O4S/c1-14(19(23)20-13-12-16-6-4-3-5-7-16)21-26(24,25)18-10-8-17(9-11-18)15(2)22/h6,8-11,14,21H,3-5,7,12-13H2,1-2H3,(H,20,23)/t14-/m0/s1. The highest BCUT2D eigenvalue weighted by Crippen LogP contribution is 2.19. The summed E-state index contributed by atoms with van der Waals surface area (Å²) in [6.45, 7) is 3.43. The van der Waals surface area contributed by atoms with Crippen molar-refractivity contribution in [2.24, 2.45) is 0 Å². The van der Waals surface area contributed by atoms with E-state index >= 15 is 0 Å². The Kier molecular flexibility index (Phi) is 7.11. The van der Waals surface area contributed by atoms with Crippen molar-refractivity contribution in [3.05, 3.63) is 41.5 Å². The van der Waals surface area contributed by atoms with E-state index in [9.17, 15) is 18.0 Å². The Morgan fingerprint density at radius 2 is 1.85 bits per heavy atom. The van der Waals surface area contributed by atoms with Crippen molar-refractivity contribution in [2.75, 3.05) is 6.54 Å². The maximum atomic E-state index is 12.4. The molecule has 0 fully saturated rings. The Bertz CT molecular complexity index is 782. The van der Waals surface area contributed by atoms with E-state index in [4.69, 9.17) is 0 Å². The molecule has 1 aromatic rings. The van der Waals surface area contributed by atoms with E-state index in [0.717, 1.165) is 19.3 Å². The molecule has 2 N–H and O–H groups in total. The Hall–Kier alpha value is -1.99. The molecule has 142 valence electrons. The summed E-state index contributed by atoms with van der Waals surface area (Å²) < 4.78 is 27.1. The van der Waals surface area contributed by atoms with Crippen LogP contribution < -0.4 is 10.0 Å². The van der Waals surface area contributed by atoms with Gasteiger partial charge in [-0.25, -0.2) is 8.42 Å². The average molecular weight is 378 g/mol. The summed E-state index contributed by atoms with van der Waals surface area (Å²) in [6, 6.07) is 4.75. The Labute approximate surface area is 155 Å². The molecule has 0 aliphatic heterocycles. The smallest absolute Gasteiger partial charge is 0.241 e. The van der Waals surface area contributed by atoms with Crippen LogP contribution in [0.2, 0.25) is 0 Å². The minimum absolute atomic E-state index is 0.0227. The van der Waals surface area contributed by atoms with E-state index in [0.29, 0.717) is 12.1 Å². The minimum Gasteiger partial charge on any atom is -0.354 e. The number of carbonyl (C=O) groups is 2. The number of nitrogens with one attached hydrogen (secondary N) is 2. The normalized spacial score (nSPS) is 15.8. The van der Waals surface area contributed by atoms with Crippen molar-refractivity contribution >= 4 is 21.7 Å². The highest BCUT2D eigenvalue weighted by molar-refractivity contribution is 7.89. The van der Waals surface area contributed by atoms with Gasteiger partial charge in [0.15, 0.2) is 5.78 Å². The molecule has 7 heteroatoms. The molecular weight excluding hydrogens is 352 g/mol. The summed E-state index contributed by atoms with van der Waals surface area (Å²) >= 11 is 0. The van der Waals surface area contributed by atoms with Crippen molar-refractivity contribution in [2.45, 2.75) is 56.9 Å². The lowest BCUT2D eigenvalue weighted by Crippen LogP contribution is -2.45. The predicted molar refractivity (Wildman–Crippen MR) is 100 cm³/mol. The van der Waals surface area contributed by atoms with E-state index in [2.05, 4.69) is 16.1 Å². The van der Waals surface area contributed by atoms with E-state index in [1.54, 1.807) is 0 Å². The summed E-state index contributed by atoms with van der Waals surface area (Å²) in [7, 11) is -3.83. The maximum Gasteiger partial charge on any atom is 0.241 e. The lowest BCUT2D eigenvalue weighted by Gasteiger charge is -2.16. The van der Waals surface area contributed by atoms with E-state index in [1.807, 2.05) is 0 Å². The monoisotopic (exact) mass is 378 g/mol. The van der Waals surface area contributed by atoms with Crippen molar-refractivity contribution in [3.8, 4) is 0 Å². The van der Waals surface area contributed by atoms with Gasteiger partial charge < -0.3 is 5.32 Å². The van der Waals surface area contributed by atoms with Gasteiger partial charge in [-0.05, 0) is 58.1 Å². The number of rotatable bonds is 8. The number of hydrogen-bond acceptors (Lipinski definition) is 4. The summed E-state index contributed by atoms with van der Waals surface area (Å²) in [5.74, 6) is -0.493. The van der Waals surface area contributed by atoms with Crippen molar-refractivity contribution in [1.82, 2.24) is 10.0 Å². The number of sulfonamides is 1. The molecule has 0 saturated heterocycles. The summed E-state index contributed by atoms with van der Waals surface area (Å²) in [6.07, 6.45) is 7.63. The molecule has 1 aromatic carbocycles. The third-order valence-electron chi connectivity index (χ3n) is 4.43. The van der Waals surface area contributed by atoms with Crippen LogP contribution in [0.15, 0.2) is 40.8 Å². The third-order valence-corrected chi connectivity index (χ3v) is 5.98. The zero-order valence-corrected chi connectivity index (χ0v) is 16.1. The Balaban J connectivity index is 1.87. The topological polar surface area (TPSA) is 92.3 Å². The number of amides is 1. The van der Waals surface area contributed by atoms with Gasteiger partial charge in [-0.15, -0.1) is 0 Å². The van der Waals surface area contributed by atoms with Crippen LogP contribution in [0, 0.1) is 0 Å². The first-order valence-corrected chi connectivity index (χ1v) is 10.4. The number of benzene rings is 1. The minimum atomic E-state index is -3.83. The SMILES string of the molecule is CC(=O)c1ccc(S(=O)(=O)N[C@@H](C)C(=O)NCCC2=CCCCC2)cc1. The van der Waals surface area contributed by atoms with Gasteiger partial charge in [0.05, 0.1) is 10.9 Å². The maximum absolute atomic E-state index is 12.4. The van der Waals surface area contributed by atoms with Crippen LogP contribution in [0.1, 0.15) is 56.3 Å². The molecule has 0 saturated carbocycles. The molecule has 2 rings (SSSR count). The first-order chi connectivity index (χ1) is 12.3. The molecule has 0 spiro atoms. The highest BCUT2D eigenvalue weighted by Gasteiger charge is 2.22. The van der Waals surface area contributed by atoms with Gasteiger partial charge in [0, 0.05) is 12.1 Å². The molecule has 1 aliphatic carbocycles. The molecule has 0 unspecified atom stereocenters. The molecule has 0 heterocycles. The van der Waals surface area contributed by atoms with Crippen molar-refractivity contribution in [3.63, 3.8) is 0 Å². The van der Waals surface area contributed by atoms with Crippen LogP contribution in [-0.2, 0) is 14.8 Å². The van der Waals surface area contributed by atoms with Gasteiger partial charge in [-0.2, -0.15) is 4.72 Å². The number of allylic oxidation sites excluding steroid dienone is 1. The van der Waals surface area contributed by atoms with Crippen molar-refractivity contribution in [1.29, 1.82) is 0 Å². The summed E-state index contributed by atoms with van der Waals surface area (Å²) in [5, 5.41) is 2.78. The molecule has 1 atom stereocenters. The van der Waals surface area contributed by atoms with Crippen LogP contribution in [0.25, 0.3) is 0 Å². The highest BCUT2D eigenvalue weighted by atomic mass is 32.2. The third kappa shape index (κ3) is 5.78. The van der Waals surface area contributed by atoms with Crippen LogP contribution in [0.3, 0.4) is 0 Å². The molecule has 6 nitrogen and oxygen atoms in total. The molecule has 0 aromatic heterocycles. The predicted octanol–water partition coefficient (Wildman–Crippen LogP) is 2.56. The first-order valence-electron chi connectivity index (χ1n) is 8.88. The Morgan fingerprint density at radius 3 is 2.42 bits per heavy atom. The number of ketones is 1. The Morgan fingerprint density at radius 1 is 1.15 bits per heavy atom.